The molecule has 1 saturated heterocycles. The molecule has 1 aliphatic rings. The molecule has 1 aliphatic heterocycles. The second-order valence-electron chi connectivity index (χ2n) is 6.18. The van der Waals surface area contributed by atoms with Gasteiger partial charge in [-0.1, -0.05) is 34.1 Å². The Balaban J connectivity index is 1.44. The highest BCUT2D eigenvalue weighted by molar-refractivity contribution is 9.10. The molecule has 5 nitrogen and oxygen atoms in total. The lowest BCUT2D eigenvalue weighted by atomic mass is 10.1. The van der Waals surface area contributed by atoms with Crippen molar-refractivity contribution in [3.8, 4) is 5.75 Å². The van der Waals surface area contributed by atoms with E-state index in [2.05, 4.69) is 43.5 Å². The van der Waals surface area contributed by atoms with Crippen molar-refractivity contribution < 1.29 is 9.53 Å². The van der Waals surface area contributed by atoms with Crippen molar-refractivity contribution in [1.29, 1.82) is 0 Å². The number of nitrogens with zero attached hydrogens (tertiary/aromatic N) is 2. The van der Waals surface area contributed by atoms with Gasteiger partial charge in [0.1, 0.15) is 5.75 Å². The van der Waals surface area contributed by atoms with Gasteiger partial charge in [-0.05, 0) is 55.2 Å². The SMILES string of the molecule is O=C(COc1cccc(Br)c1)NN=Cc1ccc(N2CCCCC2)cc1. The van der Waals surface area contributed by atoms with E-state index < -0.39 is 0 Å². The monoisotopic (exact) mass is 415 g/mol. The van der Waals surface area contributed by atoms with E-state index in [0.29, 0.717) is 5.75 Å². The van der Waals surface area contributed by atoms with Gasteiger partial charge in [-0.25, -0.2) is 5.43 Å². The lowest BCUT2D eigenvalue weighted by molar-refractivity contribution is -0.123. The predicted octanol–water partition coefficient (Wildman–Crippen LogP) is 3.97. The van der Waals surface area contributed by atoms with E-state index in [1.807, 2.05) is 24.3 Å². The highest BCUT2D eigenvalue weighted by Crippen LogP contribution is 2.20. The third-order valence-electron chi connectivity index (χ3n) is 4.18. The lowest BCUT2D eigenvalue weighted by Crippen LogP contribution is -2.29. The number of anilines is 1. The Labute approximate surface area is 162 Å². The summed E-state index contributed by atoms with van der Waals surface area (Å²) in [5.74, 6) is 0.331. The van der Waals surface area contributed by atoms with Gasteiger partial charge >= 0.3 is 0 Å². The Morgan fingerprint density at radius 1 is 1.15 bits per heavy atom. The smallest absolute Gasteiger partial charge is 0.277 e. The zero-order chi connectivity index (χ0) is 18.2. The number of hydrogen-bond acceptors (Lipinski definition) is 4. The first-order valence-corrected chi connectivity index (χ1v) is 9.55. The molecule has 0 radical (unpaired) electrons. The summed E-state index contributed by atoms with van der Waals surface area (Å²) in [6.07, 6.45) is 5.48. The molecule has 0 aromatic heterocycles. The van der Waals surface area contributed by atoms with Crippen LogP contribution in [0.4, 0.5) is 5.69 Å². The topological polar surface area (TPSA) is 53.9 Å². The van der Waals surface area contributed by atoms with Crippen LogP contribution in [0.1, 0.15) is 24.8 Å². The summed E-state index contributed by atoms with van der Waals surface area (Å²) in [5, 5.41) is 3.99. The number of amides is 1. The van der Waals surface area contributed by atoms with Crippen LogP contribution in [-0.2, 0) is 4.79 Å². The number of hydrogen-bond donors (Lipinski definition) is 1. The molecule has 3 rings (SSSR count). The number of carbonyl (C=O) groups is 1. The number of piperidine rings is 1. The van der Waals surface area contributed by atoms with Crippen LogP contribution >= 0.6 is 15.9 Å². The van der Waals surface area contributed by atoms with Crippen molar-refractivity contribution in [3.63, 3.8) is 0 Å². The van der Waals surface area contributed by atoms with Gasteiger partial charge in [0.25, 0.3) is 5.91 Å². The fourth-order valence-electron chi connectivity index (χ4n) is 2.84. The summed E-state index contributed by atoms with van der Waals surface area (Å²) in [6, 6.07) is 15.6. The number of hydrazone groups is 1. The Morgan fingerprint density at radius 3 is 2.65 bits per heavy atom. The predicted molar refractivity (Wildman–Crippen MR) is 108 cm³/mol. The molecule has 1 amide bonds. The fourth-order valence-corrected chi connectivity index (χ4v) is 3.22. The summed E-state index contributed by atoms with van der Waals surface area (Å²) in [7, 11) is 0. The van der Waals surface area contributed by atoms with E-state index in [1.165, 1.54) is 24.9 Å². The van der Waals surface area contributed by atoms with Crippen LogP contribution in [0.25, 0.3) is 0 Å². The minimum absolute atomic E-state index is 0.0817. The van der Waals surface area contributed by atoms with Gasteiger partial charge < -0.3 is 9.64 Å². The summed E-state index contributed by atoms with van der Waals surface area (Å²) >= 11 is 3.36. The third-order valence-corrected chi connectivity index (χ3v) is 4.68. The fraction of sp³-hybridized carbons (Fsp3) is 0.300. The zero-order valence-corrected chi connectivity index (χ0v) is 16.1. The molecule has 1 N–H and O–H groups in total. The molecule has 2 aromatic rings. The summed E-state index contributed by atoms with van der Waals surface area (Å²) in [5.41, 5.74) is 4.66. The first-order valence-electron chi connectivity index (χ1n) is 8.76. The molecule has 0 saturated carbocycles. The molecule has 6 heteroatoms. The number of benzene rings is 2. The highest BCUT2D eigenvalue weighted by atomic mass is 79.9. The largest absolute Gasteiger partial charge is 0.484 e. The van der Waals surface area contributed by atoms with Crippen molar-refractivity contribution in [1.82, 2.24) is 5.43 Å². The molecule has 2 aromatic carbocycles. The molecule has 1 heterocycles. The van der Waals surface area contributed by atoms with Gasteiger partial charge in [0.05, 0.1) is 6.21 Å². The van der Waals surface area contributed by atoms with Gasteiger partial charge in [0.15, 0.2) is 6.61 Å². The number of rotatable bonds is 6. The van der Waals surface area contributed by atoms with Crippen LogP contribution in [0.3, 0.4) is 0 Å². The molecule has 136 valence electrons. The van der Waals surface area contributed by atoms with Gasteiger partial charge in [0, 0.05) is 23.2 Å². The molecule has 0 aliphatic carbocycles. The number of nitrogens with one attached hydrogen (secondary N) is 1. The maximum Gasteiger partial charge on any atom is 0.277 e. The minimum atomic E-state index is -0.300. The molecular formula is C20H22BrN3O2. The van der Waals surface area contributed by atoms with Crippen LogP contribution in [0.5, 0.6) is 5.75 Å². The average Bonchev–Trinajstić information content (AvgIpc) is 2.68. The van der Waals surface area contributed by atoms with Crippen LogP contribution in [0.2, 0.25) is 0 Å². The molecule has 0 spiro atoms. The second-order valence-corrected chi connectivity index (χ2v) is 7.09. The first-order chi connectivity index (χ1) is 12.7. The van der Waals surface area contributed by atoms with Crippen molar-refractivity contribution in [2.75, 3.05) is 24.6 Å². The van der Waals surface area contributed by atoms with Crippen molar-refractivity contribution in [3.05, 3.63) is 58.6 Å². The van der Waals surface area contributed by atoms with Crippen molar-refractivity contribution in [2.45, 2.75) is 19.3 Å². The van der Waals surface area contributed by atoms with E-state index in [0.717, 1.165) is 23.1 Å². The maximum atomic E-state index is 11.8. The van der Waals surface area contributed by atoms with E-state index in [4.69, 9.17) is 4.74 Å². The summed E-state index contributed by atoms with van der Waals surface area (Å²) in [4.78, 5) is 14.2. The van der Waals surface area contributed by atoms with Gasteiger partial charge in [-0.15, -0.1) is 0 Å². The van der Waals surface area contributed by atoms with E-state index in [-0.39, 0.29) is 12.5 Å². The van der Waals surface area contributed by atoms with E-state index in [1.54, 1.807) is 18.3 Å². The standard InChI is InChI=1S/C20H22BrN3O2/c21-17-5-4-6-19(13-17)26-15-20(25)23-22-14-16-7-9-18(10-8-16)24-11-2-1-3-12-24/h4-10,13-14H,1-3,11-12,15H2,(H,23,25). The average molecular weight is 416 g/mol. The van der Waals surface area contributed by atoms with E-state index in [9.17, 15) is 4.79 Å². The third kappa shape index (κ3) is 5.59. The molecule has 0 atom stereocenters. The van der Waals surface area contributed by atoms with E-state index >= 15 is 0 Å². The van der Waals surface area contributed by atoms with Crippen LogP contribution in [-0.4, -0.2) is 31.8 Å². The van der Waals surface area contributed by atoms with Crippen LogP contribution < -0.4 is 15.1 Å². The molecule has 0 bridgehead atoms. The van der Waals surface area contributed by atoms with Gasteiger partial charge in [0.2, 0.25) is 0 Å². The zero-order valence-electron chi connectivity index (χ0n) is 14.5. The Kier molecular flexibility index (Phi) is 6.66. The Bertz CT molecular complexity index is 756. The number of carbonyl (C=O) groups excluding carboxylic acids is 1. The van der Waals surface area contributed by atoms with Gasteiger partial charge in [-0.3, -0.25) is 4.79 Å². The van der Waals surface area contributed by atoms with Crippen molar-refractivity contribution >= 4 is 33.7 Å². The van der Waals surface area contributed by atoms with Crippen LogP contribution in [0, 0.1) is 0 Å². The maximum absolute atomic E-state index is 11.8. The van der Waals surface area contributed by atoms with Crippen LogP contribution in [0.15, 0.2) is 58.1 Å². The number of halogens is 1. The van der Waals surface area contributed by atoms with Crippen molar-refractivity contribution in [2.24, 2.45) is 5.10 Å². The second kappa shape index (κ2) is 9.38. The molecule has 26 heavy (non-hydrogen) atoms. The molecule has 0 unspecified atom stereocenters. The quantitative estimate of drug-likeness (QED) is 0.573. The van der Waals surface area contributed by atoms with Gasteiger partial charge in [-0.2, -0.15) is 5.10 Å². The Morgan fingerprint density at radius 2 is 1.92 bits per heavy atom. The number of ether oxygens (including phenoxy) is 1. The lowest BCUT2D eigenvalue weighted by Gasteiger charge is -2.28. The molecule has 1 fully saturated rings. The Hall–Kier alpha value is -2.34. The minimum Gasteiger partial charge on any atom is -0.484 e. The summed E-state index contributed by atoms with van der Waals surface area (Å²) < 4.78 is 6.32. The summed E-state index contributed by atoms with van der Waals surface area (Å²) in [6.45, 7) is 2.17. The first kappa shape index (κ1) is 18.5. The normalized spacial score (nSPS) is 14.4. The molecular weight excluding hydrogens is 394 g/mol. The highest BCUT2D eigenvalue weighted by Gasteiger charge is 2.10.